The molecule has 1 aromatic heterocycles. The molecule has 1 N–H and O–H groups in total. The number of aromatic nitrogens is 2. The Hall–Kier alpha value is -1.39. The molecule has 0 aliphatic rings. The van der Waals surface area contributed by atoms with Gasteiger partial charge < -0.3 is 5.32 Å². The second kappa shape index (κ2) is 5.50. The van der Waals surface area contributed by atoms with E-state index in [1.165, 1.54) is 16.9 Å². The minimum absolute atomic E-state index is 0.125. The fourth-order valence-electron chi connectivity index (χ4n) is 1.83. The molecule has 0 spiro atoms. The molecule has 0 aliphatic carbocycles. The maximum atomic E-state index is 14.0. The van der Waals surface area contributed by atoms with Crippen molar-refractivity contribution in [2.75, 3.05) is 6.54 Å². The number of rotatable bonds is 4. The molecule has 0 saturated carbocycles. The molecule has 96 valence electrons. The molecule has 0 saturated heterocycles. The Morgan fingerprint density at radius 1 is 1.50 bits per heavy atom. The first kappa shape index (κ1) is 13.1. The van der Waals surface area contributed by atoms with Gasteiger partial charge in [-0.2, -0.15) is 5.10 Å². The molecule has 0 bridgehead atoms. The van der Waals surface area contributed by atoms with Crippen LogP contribution in [0.3, 0.4) is 0 Å². The average molecular weight is 268 g/mol. The van der Waals surface area contributed by atoms with Crippen molar-refractivity contribution in [3.63, 3.8) is 0 Å². The Morgan fingerprint density at radius 2 is 2.28 bits per heavy atom. The lowest BCUT2D eigenvalue weighted by Crippen LogP contribution is -2.18. The standard InChI is InChI=1S/C13H15ClFN3/c1-3-16-9(2)10-4-5-13(12(15)6-10)18-8-11(14)7-17-18/h4-9,16H,3H2,1-2H3. The van der Waals surface area contributed by atoms with Crippen LogP contribution in [0.1, 0.15) is 25.5 Å². The van der Waals surface area contributed by atoms with Gasteiger partial charge in [0.05, 0.1) is 11.2 Å². The van der Waals surface area contributed by atoms with Crippen LogP contribution in [-0.4, -0.2) is 16.3 Å². The topological polar surface area (TPSA) is 29.9 Å². The van der Waals surface area contributed by atoms with Gasteiger partial charge in [0.25, 0.3) is 0 Å². The molecule has 1 heterocycles. The van der Waals surface area contributed by atoms with E-state index in [4.69, 9.17) is 11.6 Å². The summed E-state index contributed by atoms with van der Waals surface area (Å²) in [5.41, 5.74) is 1.31. The molecular weight excluding hydrogens is 253 g/mol. The van der Waals surface area contributed by atoms with Crippen LogP contribution in [0.25, 0.3) is 5.69 Å². The Labute approximate surface area is 111 Å². The maximum Gasteiger partial charge on any atom is 0.149 e. The van der Waals surface area contributed by atoms with Gasteiger partial charge in [-0.15, -0.1) is 0 Å². The Balaban J connectivity index is 2.30. The summed E-state index contributed by atoms with van der Waals surface area (Å²) in [6, 6.07) is 5.25. The van der Waals surface area contributed by atoms with Gasteiger partial charge >= 0.3 is 0 Å². The summed E-state index contributed by atoms with van der Waals surface area (Å²) in [5, 5.41) is 7.71. The fraction of sp³-hybridized carbons (Fsp3) is 0.308. The van der Waals surface area contributed by atoms with Crippen molar-refractivity contribution < 1.29 is 4.39 Å². The number of nitrogens with one attached hydrogen (secondary N) is 1. The number of halogens is 2. The molecule has 1 atom stereocenters. The molecule has 18 heavy (non-hydrogen) atoms. The zero-order chi connectivity index (χ0) is 13.1. The molecule has 5 heteroatoms. The third-order valence-electron chi connectivity index (χ3n) is 2.78. The highest BCUT2D eigenvalue weighted by atomic mass is 35.5. The van der Waals surface area contributed by atoms with Crippen molar-refractivity contribution >= 4 is 11.6 Å². The minimum atomic E-state index is -0.308. The van der Waals surface area contributed by atoms with E-state index in [-0.39, 0.29) is 11.9 Å². The van der Waals surface area contributed by atoms with Crippen LogP contribution >= 0.6 is 11.6 Å². The van der Waals surface area contributed by atoms with Crippen molar-refractivity contribution in [1.29, 1.82) is 0 Å². The van der Waals surface area contributed by atoms with Crippen LogP contribution < -0.4 is 5.32 Å². The van der Waals surface area contributed by atoms with E-state index in [0.29, 0.717) is 10.7 Å². The van der Waals surface area contributed by atoms with Crippen LogP contribution in [0.4, 0.5) is 4.39 Å². The molecule has 0 radical (unpaired) electrons. The molecule has 1 unspecified atom stereocenters. The fourth-order valence-corrected chi connectivity index (χ4v) is 1.97. The first-order valence-corrected chi connectivity index (χ1v) is 6.23. The molecule has 1 aromatic carbocycles. The SMILES string of the molecule is CCNC(C)c1ccc(-n2cc(Cl)cn2)c(F)c1. The van der Waals surface area contributed by atoms with Crippen molar-refractivity contribution in [3.05, 3.63) is 47.0 Å². The third kappa shape index (κ3) is 2.71. The van der Waals surface area contributed by atoms with Gasteiger partial charge in [0.15, 0.2) is 0 Å². The molecule has 3 nitrogen and oxygen atoms in total. The first-order valence-electron chi connectivity index (χ1n) is 5.85. The van der Waals surface area contributed by atoms with Gasteiger partial charge in [-0.3, -0.25) is 0 Å². The summed E-state index contributed by atoms with van der Waals surface area (Å²) in [7, 11) is 0. The van der Waals surface area contributed by atoms with Crippen LogP contribution in [-0.2, 0) is 0 Å². The van der Waals surface area contributed by atoms with Crippen molar-refractivity contribution in [1.82, 2.24) is 15.1 Å². The zero-order valence-corrected chi connectivity index (χ0v) is 11.1. The van der Waals surface area contributed by atoms with Crippen LogP contribution in [0, 0.1) is 5.82 Å². The summed E-state index contributed by atoms with van der Waals surface area (Å²) in [6.45, 7) is 4.87. The minimum Gasteiger partial charge on any atom is -0.310 e. The summed E-state index contributed by atoms with van der Waals surface area (Å²) in [5.74, 6) is -0.308. The second-order valence-electron chi connectivity index (χ2n) is 4.09. The van der Waals surface area contributed by atoms with Gasteiger partial charge in [-0.05, 0) is 31.2 Å². The molecule has 0 aliphatic heterocycles. The highest BCUT2D eigenvalue weighted by Gasteiger charge is 2.10. The summed E-state index contributed by atoms with van der Waals surface area (Å²) >= 11 is 5.77. The Kier molecular flexibility index (Phi) is 3.99. The van der Waals surface area contributed by atoms with E-state index in [1.807, 2.05) is 19.9 Å². The van der Waals surface area contributed by atoms with E-state index >= 15 is 0 Å². The van der Waals surface area contributed by atoms with E-state index in [0.717, 1.165) is 12.1 Å². The number of nitrogens with zero attached hydrogens (tertiary/aromatic N) is 2. The number of hydrogen-bond donors (Lipinski definition) is 1. The number of hydrogen-bond acceptors (Lipinski definition) is 2. The van der Waals surface area contributed by atoms with E-state index < -0.39 is 0 Å². The van der Waals surface area contributed by atoms with Gasteiger partial charge in [-0.25, -0.2) is 9.07 Å². The van der Waals surface area contributed by atoms with Crippen molar-refractivity contribution in [2.24, 2.45) is 0 Å². The quantitative estimate of drug-likeness (QED) is 0.921. The predicted octanol–water partition coefficient (Wildman–Crippen LogP) is 3.34. The van der Waals surface area contributed by atoms with Crippen LogP contribution in [0.2, 0.25) is 5.02 Å². The monoisotopic (exact) mass is 267 g/mol. The first-order chi connectivity index (χ1) is 8.61. The van der Waals surface area contributed by atoms with Crippen LogP contribution in [0.5, 0.6) is 0 Å². The molecular formula is C13H15ClFN3. The van der Waals surface area contributed by atoms with Gasteiger partial charge in [0.1, 0.15) is 11.5 Å². The highest BCUT2D eigenvalue weighted by Crippen LogP contribution is 2.20. The Bertz CT molecular complexity index is 539. The Morgan fingerprint density at radius 3 is 2.83 bits per heavy atom. The van der Waals surface area contributed by atoms with Crippen molar-refractivity contribution in [2.45, 2.75) is 19.9 Å². The zero-order valence-electron chi connectivity index (χ0n) is 10.3. The third-order valence-corrected chi connectivity index (χ3v) is 2.98. The van der Waals surface area contributed by atoms with Crippen molar-refractivity contribution in [3.8, 4) is 5.69 Å². The largest absolute Gasteiger partial charge is 0.310 e. The van der Waals surface area contributed by atoms with Gasteiger partial charge in [0.2, 0.25) is 0 Å². The lowest BCUT2D eigenvalue weighted by Gasteiger charge is -2.13. The van der Waals surface area contributed by atoms with E-state index in [2.05, 4.69) is 10.4 Å². The maximum absolute atomic E-state index is 14.0. The smallest absolute Gasteiger partial charge is 0.149 e. The van der Waals surface area contributed by atoms with Crippen LogP contribution in [0.15, 0.2) is 30.6 Å². The van der Waals surface area contributed by atoms with E-state index in [1.54, 1.807) is 12.3 Å². The lowest BCUT2D eigenvalue weighted by molar-refractivity contribution is 0.577. The summed E-state index contributed by atoms with van der Waals surface area (Å²) < 4.78 is 15.4. The predicted molar refractivity (Wildman–Crippen MR) is 70.6 cm³/mol. The summed E-state index contributed by atoms with van der Waals surface area (Å²) in [4.78, 5) is 0. The highest BCUT2D eigenvalue weighted by molar-refractivity contribution is 6.30. The second-order valence-corrected chi connectivity index (χ2v) is 4.53. The number of benzene rings is 1. The molecule has 2 rings (SSSR count). The lowest BCUT2D eigenvalue weighted by atomic mass is 10.1. The molecule has 2 aromatic rings. The van der Waals surface area contributed by atoms with Gasteiger partial charge in [-0.1, -0.05) is 24.6 Å². The molecule has 0 amide bonds. The summed E-state index contributed by atoms with van der Waals surface area (Å²) in [6.07, 6.45) is 3.06. The molecule has 0 fully saturated rings. The van der Waals surface area contributed by atoms with Gasteiger partial charge in [0, 0.05) is 12.2 Å². The normalized spacial score (nSPS) is 12.7. The van der Waals surface area contributed by atoms with E-state index in [9.17, 15) is 4.39 Å². The average Bonchev–Trinajstić information content (AvgIpc) is 2.76.